The van der Waals surface area contributed by atoms with Crippen LogP contribution in [0.15, 0.2) is 70.5 Å². The lowest BCUT2D eigenvalue weighted by Crippen LogP contribution is -2.41. The number of primary amides is 1. The van der Waals surface area contributed by atoms with Crippen molar-refractivity contribution in [1.82, 2.24) is 8.96 Å². The molecule has 0 aliphatic carbocycles. The molecule has 1 aliphatic rings. The van der Waals surface area contributed by atoms with Crippen LogP contribution in [0, 0.1) is 18.6 Å². The Morgan fingerprint density at radius 2 is 1.84 bits per heavy atom. The van der Waals surface area contributed by atoms with Crippen molar-refractivity contribution in [1.29, 1.82) is 0 Å². The van der Waals surface area contributed by atoms with E-state index in [1.54, 1.807) is 19.1 Å². The van der Waals surface area contributed by atoms with Gasteiger partial charge in [0.25, 0.3) is 15.6 Å². The first-order chi connectivity index (χ1) is 20.1. The normalized spacial score (nSPS) is 17.7. The number of ether oxygens (including phenoxy) is 1. The Morgan fingerprint density at radius 3 is 2.44 bits per heavy atom. The summed E-state index contributed by atoms with van der Waals surface area (Å²) in [4.78, 5) is 29.9. The first-order valence-electron chi connectivity index (χ1n) is 12.7. The van der Waals surface area contributed by atoms with Gasteiger partial charge in [-0.05, 0) is 49.7 Å². The second-order valence-corrected chi connectivity index (χ2v) is 12.6. The number of benzene rings is 2. The molecule has 14 heteroatoms. The average Bonchev–Trinajstić information content (AvgIpc) is 3.32. The van der Waals surface area contributed by atoms with Gasteiger partial charge in [0.1, 0.15) is 40.7 Å². The van der Waals surface area contributed by atoms with Gasteiger partial charge in [0.2, 0.25) is 5.91 Å². The van der Waals surface area contributed by atoms with Crippen LogP contribution in [0.2, 0.25) is 5.02 Å². The average molecular weight is 631 g/mol. The maximum absolute atomic E-state index is 15.1. The minimum atomic E-state index is -4.29. The topological polar surface area (TPSA) is 168 Å². The Labute approximate surface area is 249 Å². The number of hydrogen-bond acceptors (Lipinski definition) is 8. The van der Waals surface area contributed by atoms with Crippen molar-refractivity contribution in [2.24, 2.45) is 11.5 Å². The number of fused-ring (bicyclic) bond motifs is 1. The zero-order chi connectivity index (χ0) is 31.5. The number of amides is 1. The van der Waals surface area contributed by atoms with E-state index in [4.69, 9.17) is 27.8 Å². The molecule has 43 heavy (non-hydrogen) atoms. The monoisotopic (exact) mass is 630 g/mol. The SMILES string of the molecule is Cc1ccc(S(=O)(=O)n2ccc([C@](O)(CN)c3cc4c(c(-c5cc(Cl)c(F)cc5F)n3)OC[C@]4(C)C(N)=O)cc2=O)cc1. The first kappa shape index (κ1) is 30.3. The minimum Gasteiger partial charge on any atom is -0.489 e. The molecular weight excluding hydrogens is 606 g/mol. The lowest BCUT2D eigenvalue weighted by molar-refractivity contribution is -0.123. The quantitative estimate of drug-likeness (QED) is 0.262. The molecule has 2 atom stereocenters. The highest BCUT2D eigenvalue weighted by Gasteiger charge is 2.46. The summed E-state index contributed by atoms with van der Waals surface area (Å²) >= 11 is 5.93. The second kappa shape index (κ2) is 10.5. The first-order valence-corrected chi connectivity index (χ1v) is 14.6. The third-order valence-corrected chi connectivity index (χ3v) is 9.52. The molecule has 0 fully saturated rings. The van der Waals surface area contributed by atoms with Crippen LogP contribution < -0.4 is 21.8 Å². The van der Waals surface area contributed by atoms with Gasteiger partial charge < -0.3 is 21.3 Å². The summed E-state index contributed by atoms with van der Waals surface area (Å²) in [6.07, 6.45) is 0.970. The molecule has 10 nitrogen and oxygen atoms in total. The van der Waals surface area contributed by atoms with Crippen LogP contribution in [0.5, 0.6) is 5.75 Å². The van der Waals surface area contributed by atoms with Gasteiger partial charge in [-0.1, -0.05) is 29.3 Å². The zero-order valence-electron chi connectivity index (χ0n) is 22.8. The van der Waals surface area contributed by atoms with E-state index in [-0.39, 0.29) is 45.3 Å². The highest BCUT2D eigenvalue weighted by Crippen LogP contribution is 2.47. The molecule has 0 spiro atoms. The molecule has 224 valence electrons. The van der Waals surface area contributed by atoms with Crippen LogP contribution in [0.25, 0.3) is 11.3 Å². The number of aromatic nitrogens is 2. The number of carbonyl (C=O) groups excluding carboxylic acids is 1. The van der Waals surface area contributed by atoms with Crippen molar-refractivity contribution < 1.29 is 31.8 Å². The summed E-state index contributed by atoms with van der Waals surface area (Å²) in [5, 5.41) is 11.5. The number of rotatable bonds is 7. The van der Waals surface area contributed by atoms with E-state index < -0.39 is 55.7 Å². The van der Waals surface area contributed by atoms with Gasteiger partial charge in [-0.3, -0.25) is 9.59 Å². The number of pyridine rings is 2. The molecule has 5 rings (SSSR count). The molecule has 3 heterocycles. The van der Waals surface area contributed by atoms with E-state index in [9.17, 15) is 27.5 Å². The molecule has 0 unspecified atom stereocenters. The van der Waals surface area contributed by atoms with Gasteiger partial charge in [0.05, 0.1) is 15.6 Å². The van der Waals surface area contributed by atoms with Gasteiger partial charge in [-0.25, -0.2) is 26.2 Å². The predicted molar refractivity (Wildman–Crippen MR) is 153 cm³/mol. The fourth-order valence-corrected chi connectivity index (χ4v) is 6.18. The van der Waals surface area contributed by atoms with Crippen LogP contribution in [0.4, 0.5) is 8.78 Å². The number of aliphatic hydroxyl groups is 1. The molecule has 0 saturated heterocycles. The molecule has 2 aromatic carbocycles. The Morgan fingerprint density at radius 1 is 1.16 bits per heavy atom. The fourth-order valence-electron chi connectivity index (χ4n) is 4.80. The standard InChI is InChI=1S/C29H25ClF2N4O6S/c1-15-3-5-17(6-4-15)43(40,41)36-8-7-16(9-24(36)37)29(39,13-33)23-11-19-26(42-14-28(19,2)27(34)38)25(35-23)18-10-20(30)22(32)12-21(18)31/h3-12,39H,13-14,33H2,1-2H3,(H2,34,38)/t28-,29+/m0/s1. The summed E-state index contributed by atoms with van der Waals surface area (Å²) < 4.78 is 61.6. The van der Waals surface area contributed by atoms with Crippen molar-refractivity contribution in [2.45, 2.75) is 29.8 Å². The van der Waals surface area contributed by atoms with E-state index in [1.807, 2.05) is 0 Å². The van der Waals surface area contributed by atoms with Gasteiger partial charge >= 0.3 is 0 Å². The Balaban J connectivity index is 1.71. The molecule has 1 aliphatic heterocycles. The fraction of sp³-hybridized carbons (Fsp3) is 0.207. The summed E-state index contributed by atoms with van der Waals surface area (Å²) in [7, 11) is -4.29. The van der Waals surface area contributed by atoms with E-state index in [1.165, 1.54) is 31.2 Å². The summed E-state index contributed by atoms with van der Waals surface area (Å²) in [5.41, 5.74) is 6.95. The Bertz CT molecular complexity index is 1970. The van der Waals surface area contributed by atoms with E-state index in [0.717, 1.165) is 23.9 Å². The van der Waals surface area contributed by atoms with Crippen LogP contribution >= 0.6 is 11.6 Å². The van der Waals surface area contributed by atoms with E-state index >= 15 is 4.39 Å². The summed E-state index contributed by atoms with van der Waals surface area (Å²) in [5.74, 6) is -2.94. The van der Waals surface area contributed by atoms with Crippen LogP contribution in [0.1, 0.15) is 29.3 Å². The number of halogens is 3. The zero-order valence-corrected chi connectivity index (χ0v) is 24.3. The Hall–Kier alpha value is -4.17. The Kier molecular flexibility index (Phi) is 7.41. The molecular formula is C29H25ClF2N4O6S. The van der Waals surface area contributed by atoms with Crippen molar-refractivity contribution in [3.63, 3.8) is 0 Å². The molecule has 4 aromatic rings. The molecule has 2 aromatic heterocycles. The third-order valence-electron chi connectivity index (χ3n) is 7.54. The van der Waals surface area contributed by atoms with Gasteiger partial charge in [-0.2, -0.15) is 0 Å². The van der Waals surface area contributed by atoms with Gasteiger partial charge in [-0.15, -0.1) is 0 Å². The maximum atomic E-state index is 15.1. The second-order valence-electron chi connectivity index (χ2n) is 10.4. The van der Waals surface area contributed by atoms with Gasteiger partial charge in [0, 0.05) is 36.0 Å². The maximum Gasteiger partial charge on any atom is 0.270 e. The number of hydrogen-bond donors (Lipinski definition) is 3. The minimum absolute atomic E-state index is 0.0504. The molecule has 5 N–H and O–H groups in total. The highest BCUT2D eigenvalue weighted by atomic mass is 35.5. The van der Waals surface area contributed by atoms with Crippen molar-refractivity contribution >= 4 is 27.5 Å². The summed E-state index contributed by atoms with van der Waals surface area (Å²) in [6.45, 7) is 2.41. The highest BCUT2D eigenvalue weighted by molar-refractivity contribution is 7.90. The van der Waals surface area contributed by atoms with Crippen LogP contribution in [0.3, 0.4) is 0 Å². The summed E-state index contributed by atoms with van der Waals surface area (Å²) in [6, 6.07) is 10.7. The van der Waals surface area contributed by atoms with Crippen molar-refractivity contribution in [3.8, 4) is 17.0 Å². The lowest BCUT2D eigenvalue weighted by atomic mass is 9.81. The number of nitrogens with two attached hydrogens (primary N) is 2. The third kappa shape index (κ3) is 4.87. The number of aryl methyl sites for hydroxylation is 1. The van der Waals surface area contributed by atoms with Crippen LogP contribution in [-0.4, -0.2) is 41.5 Å². The molecule has 0 saturated carbocycles. The van der Waals surface area contributed by atoms with Gasteiger partial charge in [0.15, 0.2) is 0 Å². The molecule has 1 amide bonds. The van der Waals surface area contributed by atoms with E-state index in [0.29, 0.717) is 10.0 Å². The van der Waals surface area contributed by atoms with E-state index in [2.05, 4.69) is 4.98 Å². The van der Waals surface area contributed by atoms with Crippen LogP contribution in [-0.2, 0) is 25.8 Å². The van der Waals surface area contributed by atoms with Crippen molar-refractivity contribution in [3.05, 3.63) is 110 Å². The lowest BCUT2D eigenvalue weighted by Gasteiger charge is -2.29. The van der Waals surface area contributed by atoms with Crippen molar-refractivity contribution in [2.75, 3.05) is 13.2 Å². The number of nitrogens with zero attached hydrogens (tertiary/aromatic N) is 2. The predicted octanol–water partition coefficient (Wildman–Crippen LogP) is 2.72. The number of carbonyl (C=O) groups is 1. The smallest absolute Gasteiger partial charge is 0.270 e. The molecule has 0 bridgehead atoms. The largest absolute Gasteiger partial charge is 0.489 e. The molecule has 0 radical (unpaired) electrons.